The van der Waals surface area contributed by atoms with Crippen molar-refractivity contribution in [3.05, 3.63) is 47.5 Å². The first-order valence-corrected chi connectivity index (χ1v) is 6.23. The summed E-state index contributed by atoms with van der Waals surface area (Å²) in [6.45, 7) is 0. The molecule has 20 heavy (non-hydrogen) atoms. The summed E-state index contributed by atoms with van der Waals surface area (Å²) in [5.74, 6) is 0.549. The van der Waals surface area contributed by atoms with E-state index in [4.69, 9.17) is 22.1 Å². The third kappa shape index (κ3) is 3.55. The maximum absolute atomic E-state index is 11.8. The Labute approximate surface area is 121 Å². The second-order valence-corrected chi connectivity index (χ2v) is 4.46. The van der Waals surface area contributed by atoms with E-state index in [0.717, 1.165) is 0 Å². The lowest BCUT2D eigenvalue weighted by molar-refractivity contribution is 0.262. The van der Waals surface area contributed by atoms with Crippen LogP contribution in [-0.2, 0) is 0 Å². The molecule has 104 valence electrons. The highest BCUT2D eigenvalue weighted by Gasteiger charge is 2.06. The van der Waals surface area contributed by atoms with Crippen LogP contribution in [0.1, 0.15) is 0 Å². The molecule has 5 nitrogen and oxygen atoms in total. The number of hydrogen-bond donors (Lipinski definition) is 3. The molecule has 0 bridgehead atoms. The summed E-state index contributed by atoms with van der Waals surface area (Å²) in [5.41, 5.74) is 7.39. The molecule has 0 radical (unpaired) electrons. The number of benzene rings is 2. The van der Waals surface area contributed by atoms with Crippen LogP contribution in [0.15, 0.2) is 42.5 Å². The largest absolute Gasteiger partial charge is 0.495 e. The van der Waals surface area contributed by atoms with Crippen LogP contribution in [0.2, 0.25) is 5.02 Å². The van der Waals surface area contributed by atoms with Crippen LogP contribution in [0.5, 0.6) is 5.75 Å². The quantitative estimate of drug-likeness (QED) is 0.757. The van der Waals surface area contributed by atoms with Gasteiger partial charge in [0.2, 0.25) is 0 Å². The van der Waals surface area contributed by atoms with E-state index in [1.54, 1.807) is 42.5 Å². The lowest BCUT2D eigenvalue weighted by Gasteiger charge is -2.09. The molecule has 0 fully saturated rings. The minimum absolute atomic E-state index is 0.378. The summed E-state index contributed by atoms with van der Waals surface area (Å²) < 4.78 is 5.04. The average Bonchev–Trinajstić information content (AvgIpc) is 2.38. The topological polar surface area (TPSA) is 76.4 Å². The Morgan fingerprint density at radius 1 is 1.15 bits per heavy atom. The molecule has 6 heteroatoms. The number of anilines is 3. The first kappa shape index (κ1) is 14.0. The number of carbonyl (C=O) groups is 1. The van der Waals surface area contributed by atoms with Gasteiger partial charge in [-0.2, -0.15) is 0 Å². The van der Waals surface area contributed by atoms with Gasteiger partial charge in [0.25, 0.3) is 0 Å². The monoisotopic (exact) mass is 291 g/mol. The van der Waals surface area contributed by atoms with Crippen molar-refractivity contribution >= 4 is 34.7 Å². The molecule has 4 N–H and O–H groups in total. The van der Waals surface area contributed by atoms with E-state index in [1.165, 1.54) is 7.11 Å². The lowest BCUT2D eigenvalue weighted by atomic mass is 10.3. The van der Waals surface area contributed by atoms with Crippen LogP contribution in [0.3, 0.4) is 0 Å². The Morgan fingerprint density at radius 3 is 2.45 bits per heavy atom. The van der Waals surface area contributed by atoms with Gasteiger partial charge in [0.1, 0.15) is 5.75 Å². The third-order valence-electron chi connectivity index (χ3n) is 2.55. The molecule has 2 amide bonds. The van der Waals surface area contributed by atoms with Crippen LogP contribution in [0.25, 0.3) is 0 Å². The SMILES string of the molecule is COc1ccc(NC(=O)Nc2cccc(N)c2)cc1Cl. The van der Waals surface area contributed by atoms with Crippen LogP contribution < -0.4 is 21.1 Å². The van der Waals surface area contributed by atoms with Gasteiger partial charge < -0.3 is 21.1 Å². The fourth-order valence-corrected chi connectivity index (χ4v) is 1.91. The fourth-order valence-electron chi connectivity index (χ4n) is 1.65. The van der Waals surface area contributed by atoms with Gasteiger partial charge in [-0.25, -0.2) is 4.79 Å². The van der Waals surface area contributed by atoms with Crippen molar-refractivity contribution in [2.24, 2.45) is 0 Å². The number of rotatable bonds is 3. The molecular formula is C14H14ClN3O2. The molecule has 0 saturated carbocycles. The molecule has 2 aromatic carbocycles. The standard InChI is InChI=1S/C14H14ClN3O2/c1-20-13-6-5-11(8-12(13)15)18-14(19)17-10-4-2-3-9(16)7-10/h2-8H,16H2,1H3,(H2,17,18,19). The fraction of sp³-hybridized carbons (Fsp3) is 0.0714. The molecule has 0 aliphatic heterocycles. The van der Waals surface area contributed by atoms with Crippen molar-refractivity contribution < 1.29 is 9.53 Å². The van der Waals surface area contributed by atoms with Gasteiger partial charge in [0, 0.05) is 17.1 Å². The molecule has 2 aromatic rings. The minimum atomic E-state index is -0.378. The van der Waals surface area contributed by atoms with Crippen molar-refractivity contribution in [3.63, 3.8) is 0 Å². The molecule has 0 spiro atoms. The summed E-state index contributed by atoms with van der Waals surface area (Å²) in [7, 11) is 1.53. The van der Waals surface area contributed by atoms with Crippen molar-refractivity contribution in [1.29, 1.82) is 0 Å². The van der Waals surface area contributed by atoms with Gasteiger partial charge in [0.15, 0.2) is 0 Å². The van der Waals surface area contributed by atoms with Crippen LogP contribution in [0, 0.1) is 0 Å². The maximum Gasteiger partial charge on any atom is 0.323 e. The smallest absolute Gasteiger partial charge is 0.323 e. The van der Waals surface area contributed by atoms with Gasteiger partial charge >= 0.3 is 6.03 Å². The number of hydrogen-bond acceptors (Lipinski definition) is 3. The molecule has 0 heterocycles. The maximum atomic E-state index is 11.8. The molecule has 0 unspecified atom stereocenters. The normalized spacial score (nSPS) is 9.90. The highest BCUT2D eigenvalue weighted by atomic mass is 35.5. The van der Waals surface area contributed by atoms with Crippen LogP contribution in [0.4, 0.5) is 21.9 Å². The molecule has 0 atom stereocenters. The predicted molar refractivity (Wildman–Crippen MR) is 81.5 cm³/mol. The van der Waals surface area contributed by atoms with Crippen molar-refractivity contribution in [2.75, 3.05) is 23.5 Å². The number of nitrogen functional groups attached to an aromatic ring is 1. The van der Waals surface area contributed by atoms with E-state index in [1.807, 2.05) is 0 Å². The summed E-state index contributed by atoms with van der Waals surface area (Å²) in [6.07, 6.45) is 0. The first-order chi connectivity index (χ1) is 9.58. The molecule has 0 aliphatic rings. The van der Waals surface area contributed by atoms with E-state index < -0.39 is 0 Å². The van der Waals surface area contributed by atoms with Gasteiger partial charge in [-0.1, -0.05) is 17.7 Å². The van der Waals surface area contributed by atoms with E-state index in [-0.39, 0.29) is 6.03 Å². The minimum Gasteiger partial charge on any atom is -0.495 e. The number of halogens is 1. The van der Waals surface area contributed by atoms with Crippen molar-refractivity contribution in [3.8, 4) is 5.75 Å². The Bertz CT molecular complexity index is 632. The number of carbonyl (C=O) groups excluding carboxylic acids is 1. The number of amides is 2. The Balaban J connectivity index is 2.03. The highest BCUT2D eigenvalue weighted by Crippen LogP contribution is 2.27. The summed E-state index contributed by atoms with van der Waals surface area (Å²) in [5, 5.41) is 5.77. The summed E-state index contributed by atoms with van der Waals surface area (Å²) >= 11 is 5.98. The van der Waals surface area contributed by atoms with E-state index >= 15 is 0 Å². The number of nitrogens with two attached hydrogens (primary N) is 1. The molecular weight excluding hydrogens is 278 g/mol. The zero-order valence-electron chi connectivity index (χ0n) is 10.8. The highest BCUT2D eigenvalue weighted by molar-refractivity contribution is 6.32. The molecule has 2 rings (SSSR count). The van der Waals surface area contributed by atoms with E-state index in [9.17, 15) is 4.79 Å². The van der Waals surface area contributed by atoms with E-state index in [0.29, 0.717) is 27.8 Å². The Hall–Kier alpha value is -2.40. The van der Waals surface area contributed by atoms with Crippen LogP contribution in [-0.4, -0.2) is 13.1 Å². The van der Waals surface area contributed by atoms with Crippen molar-refractivity contribution in [2.45, 2.75) is 0 Å². The average molecular weight is 292 g/mol. The molecule has 0 aromatic heterocycles. The van der Waals surface area contributed by atoms with Gasteiger partial charge in [-0.3, -0.25) is 0 Å². The second kappa shape index (κ2) is 6.16. The number of ether oxygens (including phenoxy) is 1. The Kier molecular flexibility index (Phi) is 4.32. The zero-order valence-corrected chi connectivity index (χ0v) is 11.6. The molecule has 0 aliphatic carbocycles. The predicted octanol–water partition coefficient (Wildman–Crippen LogP) is 3.57. The van der Waals surface area contributed by atoms with Gasteiger partial charge in [-0.15, -0.1) is 0 Å². The zero-order chi connectivity index (χ0) is 14.5. The lowest BCUT2D eigenvalue weighted by Crippen LogP contribution is -2.19. The third-order valence-corrected chi connectivity index (χ3v) is 2.85. The van der Waals surface area contributed by atoms with E-state index in [2.05, 4.69) is 10.6 Å². The Morgan fingerprint density at radius 2 is 1.85 bits per heavy atom. The number of urea groups is 1. The van der Waals surface area contributed by atoms with Gasteiger partial charge in [0.05, 0.1) is 12.1 Å². The first-order valence-electron chi connectivity index (χ1n) is 5.85. The van der Waals surface area contributed by atoms with Crippen molar-refractivity contribution in [1.82, 2.24) is 0 Å². The number of methoxy groups -OCH3 is 1. The molecule has 0 saturated heterocycles. The second-order valence-electron chi connectivity index (χ2n) is 4.05. The summed E-state index contributed by atoms with van der Waals surface area (Å²) in [6, 6.07) is 11.5. The summed E-state index contributed by atoms with van der Waals surface area (Å²) in [4.78, 5) is 11.8. The van der Waals surface area contributed by atoms with Crippen LogP contribution >= 0.6 is 11.6 Å². The number of nitrogens with one attached hydrogen (secondary N) is 2. The van der Waals surface area contributed by atoms with Gasteiger partial charge in [-0.05, 0) is 36.4 Å².